The molecular formula is C32H30Cl2SiTi. The predicted octanol–water partition coefficient (Wildman–Crippen LogP) is 10.4. The molecule has 180 valence electrons. The van der Waals surface area contributed by atoms with Gasteiger partial charge in [-0.1, -0.05) is 0 Å². The fourth-order valence-corrected chi connectivity index (χ4v) is 27.3. The first-order valence-corrected chi connectivity index (χ1v) is 23.6. The minimum atomic E-state index is -4.30. The van der Waals surface area contributed by atoms with Gasteiger partial charge in [-0.3, -0.25) is 0 Å². The van der Waals surface area contributed by atoms with Crippen LogP contribution < -0.4 is 0 Å². The van der Waals surface area contributed by atoms with Gasteiger partial charge in [0.05, 0.1) is 0 Å². The summed E-state index contributed by atoms with van der Waals surface area (Å²) in [6.07, 6.45) is 3.65. The standard InChI is InChI=1S/C20H15.C10H9.C2H6Si.2ClH.Ti/c1-14-12-16-8-5-11-19(20(16)13-14)18-10-4-7-15-6-2-3-9-17(15)18;1-8-6-9-4-2-3-5-10(9)7-8;1-3-2;;;/h2-13H,1H3;2-7H,1H3;1-2H3;2*1H;/q;;;;;+2/p-2. The van der Waals surface area contributed by atoms with Gasteiger partial charge in [0.1, 0.15) is 0 Å². The third kappa shape index (κ3) is 3.37. The van der Waals surface area contributed by atoms with Crippen LogP contribution in [0, 0.1) is 0 Å². The van der Waals surface area contributed by atoms with Crippen LogP contribution in [-0.4, -0.2) is 6.19 Å². The molecule has 6 rings (SSSR count). The van der Waals surface area contributed by atoms with Crippen molar-refractivity contribution in [2.75, 3.05) is 0 Å². The minimum absolute atomic E-state index is 0.0960. The monoisotopic (exact) mass is 560 g/mol. The van der Waals surface area contributed by atoms with Gasteiger partial charge in [-0.15, -0.1) is 0 Å². The van der Waals surface area contributed by atoms with Crippen molar-refractivity contribution < 1.29 is 11.9 Å². The molecule has 2 aliphatic rings. The van der Waals surface area contributed by atoms with Gasteiger partial charge in [0.15, 0.2) is 0 Å². The molecule has 0 bridgehead atoms. The maximum absolute atomic E-state index is 8.20. The second-order valence-corrected chi connectivity index (χ2v) is 37.4. The van der Waals surface area contributed by atoms with Gasteiger partial charge in [0.25, 0.3) is 0 Å². The number of halogens is 2. The van der Waals surface area contributed by atoms with Gasteiger partial charge in [-0.2, -0.15) is 0 Å². The van der Waals surface area contributed by atoms with Crippen LogP contribution in [0.5, 0.6) is 0 Å². The molecule has 0 heterocycles. The van der Waals surface area contributed by atoms with E-state index in [1.54, 1.807) is 0 Å². The Bertz CT molecular complexity index is 1690. The molecule has 0 aliphatic heterocycles. The predicted molar refractivity (Wildman–Crippen MR) is 158 cm³/mol. The number of fused-ring (bicyclic) bond motifs is 3. The maximum atomic E-state index is 8.20. The summed E-state index contributed by atoms with van der Waals surface area (Å²) in [5.41, 5.74) is 10.4. The molecule has 2 aliphatic carbocycles. The van der Waals surface area contributed by atoms with Crippen molar-refractivity contribution in [3.63, 3.8) is 0 Å². The molecule has 0 saturated carbocycles. The second-order valence-electron chi connectivity index (χ2n) is 10.8. The summed E-state index contributed by atoms with van der Waals surface area (Å²) in [5.74, 6) is 0. The summed E-state index contributed by atoms with van der Waals surface area (Å²) in [6, 6.07) is 30.7. The Hall–Kier alpha value is -1.87. The number of rotatable bonds is 3. The summed E-state index contributed by atoms with van der Waals surface area (Å²) in [5, 5.41) is 2.54. The second kappa shape index (κ2) is 8.58. The molecule has 4 aromatic rings. The van der Waals surface area contributed by atoms with E-state index in [0.29, 0.717) is 0 Å². The van der Waals surface area contributed by atoms with Crippen molar-refractivity contribution in [2.45, 2.75) is 35.4 Å². The van der Waals surface area contributed by atoms with E-state index in [1.807, 2.05) is 0 Å². The molecular weight excluding hydrogens is 531 g/mol. The van der Waals surface area contributed by atoms with E-state index in [2.05, 4.69) is 124 Å². The quantitative estimate of drug-likeness (QED) is 0.218. The van der Waals surface area contributed by atoms with Crippen molar-refractivity contribution in [3.8, 4) is 11.1 Å². The fourth-order valence-electron chi connectivity index (χ4n) is 6.88. The molecule has 0 aromatic heterocycles. The first-order chi connectivity index (χ1) is 17.2. The fraction of sp³-hybridized carbons (Fsp3) is 0.188. The summed E-state index contributed by atoms with van der Waals surface area (Å²) in [6.45, 7) is 9.21. The Labute approximate surface area is 223 Å². The first-order valence-electron chi connectivity index (χ1n) is 12.7. The topological polar surface area (TPSA) is 0 Å². The molecule has 0 radical (unpaired) electrons. The molecule has 4 heteroatoms. The molecule has 0 fully saturated rings. The van der Waals surface area contributed by atoms with Crippen molar-refractivity contribution in [1.82, 2.24) is 0 Å². The van der Waals surface area contributed by atoms with Crippen molar-refractivity contribution in [1.29, 1.82) is 0 Å². The molecule has 0 saturated heterocycles. The zero-order chi connectivity index (χ0) is 25.3. The Kier molecular flexibility index (Phi) is 5.83. The van der Waals surface area contributed by atoms with Crippen LogP contribution in [-0.2, 0) is 11.9 Å². The summed E-state index contributed by atoms with van der Waals surface area (Å²) >= 11 is -4.30. The van der Waals surface area contributed by atoms with E-state index in [-0.39, 0.29) is 8.45 Å². The van der Waals surface area contributed by atoms with E-state index >= 15 is 0 Å². The van der Waals surface area contributed by atoms with Gasteiger partial charge in [-0.05, 0) is 0 Å². The summed E-state index contributed by atoms with van der Waals surface area (Å²) in [4.78, 5) is 0. The van der Waals surface area contributed by atoms with Gasteiger partial charge < -0.3 is 0 Å². The normalized spacial score (nSPS) is 19.1. The van der Waals surface area contributed by atoms with Gasteiger partial charge in [-0.25, -0.2) is 0 Å². The van der Waals surface area contributed by atoms with Crippen LogP contribution in [0.4, 0.5) is 0 Å². The van der Waals surface area contributed by atoms with Crippen LogP contribution in [0.25, 0.3) is 34.1 Å². The van der Waals surface area contributed by atoms with Crippen LogP contribution in [0.2, 0.25) is 13.1 Å². The van der Waals surface area contributed by atoms with E-state index in [1.165, 1.54) is 55.3 Å². The molecule has 2 unspecified atom stereocenters. The molecule has 2 atom stereocenters. The summed E-state index contributed by atoms with van der Waals surface area (Å²) < 4.78 is 0.226. The van der Waals surface area contributed by atoms with Crippen LogP contribution >= 0.6 is 18.6 Å². The Morgan fingerprint density at radius 3 is 2.03 bits per heavy atom. The molecule has 36 heavy (non-hydrogen) atoms. The van der Waals surface area contributed by atoms with E-state index < -0.39 is 18.1 Å². The average molecular weight is 561 g/mol. The van der Waals surface area contributed by atoms with Crippen molar-refractivity contribution in [3.05, 3.63) is 118 Å². The number of benzene rings is 4. The van der Waals surface area contributed by atoms with Gasteiger partial charge in [0, 0.05) is 0 Å². The van der Waals surface area contributed by atoms with Crippen LogP contribution in [0.15, 0.2) is 96.1 Å². The van der Waals surface area contributed by atoms with Crippen LogP contribution in [0.3, 0.4) is 0 Å². The molecule has 0 N–H and O–H groups in total. The van der Waals surface area contributed by atoms with Crippen molar-refractivity contribution >= 4 is 47.7 Å². The third-order valence-electron chi connectivity index (χ3n) is 8.52. The van der Waals surface area contributed by atoms with E-state index in [0.717, 1.165) is 0 Å². The third-order valence-corrected chi connectivity index (χ3v) is 40.4. The molecule has 4 aromatic carbocycles. The molecule has 0 spiro atoms. The Balaban J connectivity index is 1.62. The Morgan fingerprint density at radius 2 is 1.22 bits per heavy atom. The van der Waals surface area contributed by atoms with Crippen LogP contribution in [0.1, 0.15) is 44.5 Å². The zero-order valence-corrected chi connectivity index (χ0v) is 25.2. The van der Waals surface area contributed by atoms with Gasteiger partial charge in [0.2, 0.25) is 0 Å². The summed E-state index contributed by atoms with van der Waals surface area (Å²) in [7, 11) is 16.4. The number of allylic oxidation sites excluding steroid dienone is 2. The van der Waals surface area contributed by atoms with Gasteiger partial charge >= 0.3 is 224 Å². The van der Waals surface area contributed by atoms with E-state index in [4.69, 9.17) is 18.6 Å². The average Bonchev–Trinajstić information content (AvgIpc) is 3.40. The zero-order valence-electron chi connectivity index (χ0n) is 21.1. The first kappa shape index (κ1) is 24.5. The molecule has 0 amide bonds. The molecule has 0 nitrogen and oxygen atoms in total. The van der Waals surface area contributed by atoms with E-state index in [9.17, 15) is 0 Å². The number of hydrogen-bond donors (Lipinski definition) is 0. The number of hydrogen-bond acceptors (Lipinski definition) is 0. The van der Waals surface area contributed by atoms with Crippen molar-refractivity contribution in [2.24, 2.45) is 0 Å². The SMILES string of the molecule is CC1=Cc2ccccc2[CH]1[Ti]([Cl])([Cl])([CH]1C(C)=Cc2c(-c3cccc4ccccc34)cccc21)=[Si](C)C. The Morgan fingerprint density at radius 1 is 0.639 bits per heavy atom.